The zero-order chi connectivity index (χ0) is 13.8. The van der Waals surface area contributed by atoms with E-state index in [2.05, 4.69) is 6.58 Å². The van der Waals surface area contributed by atoms with E-state index in [1.807, 2.05) is 0 Å². The van der Waals surface area contributed by atoms with Crippen LogP contribution in [-0.4, -0.2) is 13.2 Å². The van der Waals surface area contributed by atoms with Crippen LogP contribution in [0.4, 0.5) is 17.6 Å². The summed E-state index contributed by atoms with van der Waals surface area (Å²) in [7, 11) is 0. The molecular formula is C12H12F4O2. The number of rotatable bonds is 5. The van der Waals surface area contributed by atoms with Gasteiger partial charge in [0.25, 0.3) is 0 Å². The summed E-state index contributed by atoms with van der Waals surface area (Å²) in [5.41, 5.74) is -1.46. The van der Waals surface area contributed by atoms with E-state index in [4.69, 9.17) is 9.47 Å². The number of ether oxygens (including phenoxy) is 2. The van der Waals surface area contributed by atoms with E-state index in [0.717, 1.165) is 12.1 Å². The Morgan fingerprint density at radius 2 is 1.83 bits per heavy atom. The van der Waals surface area contributed by atoms with Crippen LogP contribution in [0.3, 0.4) is 0 Å². The molecule has 1 aromatic carbocycles. The second-order valence-electron chi connectivity index (χ2n) is 3.28. The predicted molar refractivity (Wildman–Crippen MR) is 58.3 cm³/mol. The predicted octanol–water partition coefficient (Wildman–Crippen LogP) is 3.81. The van der Waals surface area contributed by atoms with Crippen LogP contribution in [0.2, 0.25) is 0 Å². The molecule has 0 aromatic heterocycles. The van der Waals surface area contributed by atoms with Crippen LogP contribution < -0.4 is 9.47 Å². The van der Waals surface area contributed by atoms with Crippen LogP contribution in [-0.2, 0) is 6.18 Å². The minimum absolute atomic E-state index is 0.0705. The van der Waals surface area contributed by atoms with E-state index in [-0.39, 0.29) is 13.2 Å². The van der Waals surface area contributed by atoms with E-state index in [1.165, 1.54) is 6.08 Å². The van der Waals surface area contributed by atoms with Crippen molar-refractivity contribution in [3.05, 3.63) is 36.2 Å². The van der Waals surface area contributed by atoms with Crippen molar-refractivity contribution in [1.82, 2.24) is 0 Å². The zero-order valence-corrected chi connectivity index (χ0v) is 9.68. The number of halogens is 4. The molecule has 0 N–H and O–H groups in total. The Kier molecular flexibility index (Phi) is 4.58. The largest absolute Gasteiger partial charge is 0.491 e. The molecule has 0 unspecified atom stereocenters. The van der Waals surface area contributed by atoms with Gasteiger partial charge in [-0.25, -0.2) is 4.39 Å². The first-order valence-electron chi connectivity index (χ1n) is 5.18. The molecule has 0 fully saturated rings. The Morgan fingerprint density at radius 3 is 2.33 bits per heavy atom. The number of hydrogen-bond acceptors (Lipinski definition) is 2. The summed E-state index contributed by atoms with van der Waals surface area (Å²) < 4.78 is 61.5. The third kappa shape index (κ3) is 3.15. The molecule has 0 heterocycles. The molecule has 0 aliphatic heterocycles. The molecule has 0 aliphatic rings. The lowest BCUT2D eigenvalue weighted by Crippen LogP contribution is -2.13. The molecule has 0 atom stereocenters. The van der Waals surface area contributed by atoms with Gasteiger partial charge in [-0.1, -0.05) is 12.7 Å². The molecule has 2 nitrogen and oxygen atoms in total. The minimum Gasteiger partial charge on any atom is -0.491 e. The van der Waals surface area contributed by atoms with Gasteiger partial charge in [-0.15, -0.1) is 0 Å². The summed E-state index contributed by atoms with van der Waals surface area (Å²) >= 11 is 0. The Bertz CT molecular complexity index is 427. The lowest BCUT2D eigenvalue weighted by molar-refractivity contribution is -0.141. The number of alkyl halides is 3. The Morgan fingerprint density at radius 1 is 1.22 bits per heavy atom. The maximum atomic E-state index is 13.7. The van der Waals surface area contributed by atoms with E-state index in [0.29, 0.717) is 0 Å². The van der Waals surface area contributed by atoms with E-state index >= 15 is 0 Å². The maximum absolute atomic E-state index is 13.7. The molecule has 1 aromatic rings. The third-order valence-corrected chi connectivity index (χ3v) is 2.01. The second-order valence-corrected chi connectivity index (χ2v) is 3.28. The summed E-state index contributed by atoms with van der Waals surface area (Å²) in [6.07, 6.45) is -3.58. The lowest BCUT2D eigenvalue weighted by atomic mass is 10.1. The SMILES string of the molecule is C=CCOc1ccc(OCC)c(F)c1C(F)(F)F. The fraction of sp³-hybridized carbons (Fsp3) is 0.333. The Hall–Kier alpha value is -1.72. The smallest absolute Gasteiger partial charge is 0.422 e. The van der Waals surface area contributed by atoms with Gasteiger partial charge in [-0.2, -0.15) is 13.2 Å². The van der Waals surface area contributed by atoms with Crippen molar-refractivity contribution in [3.63, 3.8) is 0 Å². The van der Waals surface area contributed by atoms with Gasteiger partial charge in [0.15, 0.2) is 11.6 Å². The van der Waals surface area contributed by atoms with Crippen molar-refractivity contribution in [2.45, 2.75) is 13.1 Å². The highest BCUT2D eigenvalue weighted by atomic mass is 19.4. The van der Waals surface area contributed by atoms with Crippen LogP contribution in [0.5, 0.6) is 11.5 Å². The first-order valence-corrected chi connectivity index (χ1v) is 5.18. The van der Waals surface area contributed by atoms with Gasteiger partial charge in [0.05, 0.1) is 6.61 Å². The molecule has 18 heavy (non-hydrogen) atoms. The molecule has 0 radical (unpaired) electrons. The zero-order valence-electron chi connectivity index (χ0n) is 9.68. The molecule has 0 amide bonds. The molecule has 6 heteroatoms. The highest BCUT2D eigenvalue weighted by Gasteiger charge is 2.39. The van der Waals surface area contributed by atoms with Crippen molar-refractivity contribution in [2.24, 2.45) is 0 Å². The van der Waals surface area contributed by atoms with Crippen LogP contribution in [0, 0.1) is 5.82 Å². The van der Waals surface area contributed by atoms with E-state index in [9.17, 15) is 17.6 Å². The highest BCUT2D eigenvalue weighted by Crippen LogP contribution is 2.41. The van der Waals surface area contributed by atoms with Gasteiger partial charge in [0, 0.05) is 0 Å². The average molecular weight is 264 g/mol. The van der Waals surface area contributed by atoms with Crippen LogP contribution in [0.15, 0.2) is 24.8 Å². The average Bonchev–Trinajstić information content (AvgIpc) is 2.28. The van der Waals surface area contributed by atoms with Crippen molar-refractivity contribution in [2.75, 3.05) is 13.2 Å². The summed E-state index contributed by atoms with van der Waals surface area (Å²) in [4.78, 5) is 0. The van der Waals surface area contributed by atoms with Crippen molar-refractivity contribution >= 4 is 0 Å². The molecule has 0 saturated heterocycles. The molecule has 0 bridgehead atoms. The quantitative estimate of drug-likeness (QED) is 0.594. The van der Waals surface area contributed by atoms with Crippen molar-refractivity contribution < 1.29 is 27.0 Å². The van der Waals surface area contributed by atoms with Crippen LogP contribution in [0.25, 0.3) is 0 Å². The molecule has 100 valence electrons. The fourth-order valence-corrected chi connectivity index (χ4v) is 1.34. The van der Waals surface area contributed by atoms with Gasteiger partial charge >= 0.3 is 6.18 Å². The fourth-order valence-electron chi connectivity index (χ4n) is 1.34. The minimum atomic E-state index is -4.85. The topological polar surface area (TPSA) is 18.5 Å². The molecule has 0 aliphatic carbocycles. The maximum Gasteiger partial charge on any atom is 0.422 e. The monoisotopic (exact) mass is 264 g/mol. The van der Waals surface area contributed by atoms with Crippen molar-refractivity contribution in [1.29, 1.82) is 0 Å². The third-order valence-electron chi connectivity index (χ3n) is 2.01. The van der Waals surface area contributed by atoms with Gasteiger partial charge in [-0.05, 0) is 19.1 Å². The first-order chi connectivity index (χ1) is 8.41. The standard InChI is InChI=1S/C12H12F4O2/c1-3-7-18-8-5-6-9(17-4-2)11(13)10(8)12(14,15)16/h3,5-6H,1,4,7H2,2H3. The molecule has 0 spiro atoms. The first kappa shape index (κ1) is 14.3. The number of benzene rings is 1. The normalized spacial score (nSPS) is 11.2. The summed E-state index contributed by atoms with van der Waals surface area (Å²) in [5, 5.41) is 0. The summed E-state index contributed by atoms with van der Waals surface area (Å²) in [5.74, 6) is -2.50. The van der Waals surface area contributed by atoms with E-state index < -0.39 is 29.1 Å². The van der Waals surface area contributed by atoms with E-state index in [1.54, 1.807) is 6.92 Å². The highest BCUT2D eigenvalue weighted by molar-refractivity contribution is 5.44. The lowest BCUT2D eigenvalue weighted by Gasteiger charge is -2.16. The summed E-state index contributed by atoms with van der Waals surface area (Å²) in [6, 6.07) is 2.13. The van der Waals surface area contributed by atoms with Gasteiger partial charge < -0.3 is 9.47 Å². The van der Waals surface area contributed by atoms with Crippen LogP contribution >= 0.6 is 0 Å². The Labute approximate surface area is 102 Å². The van der Waals surface area contributed by atoms with Crippen molar-refractivity contribution in [3.8, 4) is 11.5 Å². The molecular weight excluding hydrogens is 252 g/mol. The van der Waals surface area contributed by atoms with Crippen LogP contribution in [0.1, 0.15) is 12.5 Å². The summed E-state index contributed by atoms with van der Waals surface area (Å²) in [6.45, 7) is 4.79. The molecule has 0 saturated carbocycles. The van der Waals surface area contributed by atoms with Gasteiger partial charge in [0.1, 0.15) is 17.9 Å². The van der Waals surface area contributed by atoms with Gasteiger partial charge in [0.2, 0.25) is 0 Å². The second kappa shape index (κ2) is 5.75. The number of hydrogen-bond donors (Lipinski definition) is 0. The van der Waals surface area contributed by atoms with Gasteiger partial charge in [-0.3, -0.25) is 0 Å². The molecule has 1 rings (SSSR count). The Balaban J connectivity index is 3.27.